The van der Waals surface area contributed by atoms with Crippen molar-refractivity contribution in [2.24, 2.45) is 0 Å². The summed E-state index contributed by atoms with van der Waals surface area (Å²) in [5.74, 6) is 0.0613. The predicted octanol–water partition coefficient (Wildman–Crippen LogP) is 4.03. The lowest BCUT2D eigenvalue weighted by atomic mass is 10.1. The van der Waals surface area contributed by atoms with E-state index in [2.05, 4.69) is 15.4 Å². The monoisotopic (exact) mass is 479 g/mol. The maximum Gasteiger partial charge on any atom is 0.261 e. The van der Waals surface area contributed by atoms with Gasteiger partial charge in [-0.25, -0.2) is 8.42 Å². The van der Waals surface area contributed by atoms with Crippen LogP contribution in [0.25, 0.3) is 0 Å². The van der Waals surface area contributed by atoms with Crippen molar-refractivity contribution in [3.8, 4) is 5.75 Å². The van der Waals surface area contributed by atoms with Crippen LogP contribution in [0.15, 0.2) is 77.7 Å². The third-order valence-corrected chi connectivity index (χ3v) is 6.54. The zero-order chi connectivity index (χ0) is 24.1. The molecule has 0 unspecified atom stereocenters. The molecule has 0 aromatic heterocycles. The molecule has 34 heavy (non-hydrogen) atoms. The topological polar surface area (TPSA) is 114 Å². The van der Waals surface area contributed by atoms with Crippen molar-refractivity contribution in [1.82, 2.24) is 5.32 Å². The number of benzene rings is 3. The summed E-state index contributed by atoms with van der Waals surface area (Å²) in [7, 11) is -3.83. The first kappa shape index (κ1) is 23.3. The Morgan fingerprint density at radius 3 is 2.24 bits per heavy atom. The van der Waals surface area contributed by atoms with Crippen molar-refractivity contribution in [3.05, 3.63) is 83.9 Å². The Balaban J connectivity index is 1.40. The minimum atomic E-state index is -3.83. The van der Waals surface area contributed by atoms with Gasteiger partial charge in [0.2, 0.25) is 0 Å². The van der Waals surface area contributed by atoms with Crippen molar-refractivity contribution in [1.29, 1.82) is 0 Å². The number of hydrogen-bond acceptors (Lipinski definition) is 5. The Bertz CT molecular complexity index is 1280. The second kappa shape index (κ2) is 9.96. The molecule has 0 aliphatic heterocycles. The molecule has 3 aromatic rings. The van der Waals surface area contributed by atoms with Gasteiger partial charge >= 0.3 is 0 Å². The van der Waals surface area contributed by atoms with E-state index in [4.69, 9.17) is 4.74 Å². The average Bonchev–Trinajstić information content (AvgIpc) is 3.64. The minimum absolute atomic E-state index is 0.0247. The lowest BCUT2D eigenvalue weighted by molar-refractivity contribution is 0.0949. The number of ether oxygens (including phenoxy) is 1. The molecule has 0 saturated heterocycles. The Kier molecular flexibility index (Phi) is 6.83. The summed E-state index contributed by atoms with van der Waals surface area (Å²) in [6, 6.07) is 19.1. The molecular formula is C25H25N3O5S. The second-order valence-electron chi connectivity index (χ2n) is 7.87. The summed E-state index contributed by atoms with van der Waals surface area (Å²) >= 11 is 0. The van der Waals surface area contributed by atoms with Gasteiger partial charge in [0.05, 0.1) is 11.5 Å². The Labute approximate surface area is 198 Å². The molecule has 8 nitrogen and oxygen atoms in total. The fourth-order valence-electron chi connectivity index (χ4n) is 3.22. The van der Waals surface area contributed by atoms with Crippen LogP contribution in [0.5, 0.6) is 5.75 Å². The zero-order valence-electron chi connectivity index (χ0n) is 18.6. The average molecular weight is 480 g/mol. The summed E-state index contributed by atoms with van der Waals surface area (Å²) in [4.78, 5) is 24.9. The quantitative estimate of drug-likeness (QED) is 0.429. The van der Waals surface area contributed by atoms with E-state index in [1.54, 1.807) is 48.5 Å². The number of sulfonamides is 1. The van der Waals surface area contributed by atoms with E-state index in [9.17, 15) is 18.0 Å². The molecule has 0 radical (unpaired) electrons. The Morgan fingerprint density at radius 1 is 0.882 bits per heavy atom. The first-order valence-electron chi connectivity index (χ1n) is 10.9. The van der Waals surface area contributed by atoms with E-state index in [1.807, 2.05) is 6.92 Å². The molecule has 1 fully saturated rings. The van der Waals surface area contributed by atoms with Crippen LogP contribution in [0.1, 0.15) is 40.5 Å². The van der Waals surface area contributed by atoms with Gasteiger partial charge in [0.25, 0.3) is 21.8 Å². The van der Waals surface area contributed by atoms with E-state index in [0.29, 0.717) is 29.3 Å². The molecule has 0 bridgehead atoms. The summed E-state index contributed by atoms with van der Waals surface area (Å²) < 4.78 is 33.2. The fourth-order valence-corrected chi connectivity index (χ4v) is 4.28. The van der Waals surface area contributed by atoms with Crippen molar-refractivity contribution in [2.75, 3.05) is 16.6 Å². The molecule has 1 aliphatic rings. The highest BCUT2D eigenvalue weighted by Crippen LogP contribution is 2.22. The largest absolute Gasteiger partial charge is 0.494 e. The number of hydrogen-bond donors (Lipinski definition) is 3. The number of amides is 2. The SMILES string of the molecule is CCOc1ccc(NS(=O)(=O)c2ccc(C(=O)Nc3cccc(C(=O)NC4CC4)c3)cc2)cc1. The smallest absolute Gasteiger partial charge is 0.261 e. The first-order chi connectivity index (χ1) is 16.3. The van der Waals surface area contributed by atoms with Gasteiger partial charge in [-0.3, -0.25) is 14.3 Å². The molecule has 0 heterocycles. The molecule has 1 aliphatic carbocycles. The highest BCUT2D eigenvalue weighted by Gasteiger charge is 2.24. The van der Waals surface area contributed by atoms with Gasteiger partial charge in [0.15, 0.2) is 0 Å². The number of carbonyl (C=O) groups excluding carboxylic acids is 2. The van der Waals surface area contributed by atoms with Crippen molar-refractivity contribution in [3.63, 3.8) is 0 Å². The molecule has 0 atom stereocenters. The van der Waals surface area contributed by atoms with Gasteiger partial charge in [-0.2, -0.15) is 0 Å². The molecular weight excluding hydrogens is 454 g/mol. The van der Waals surface area contributed by atoms with Crippen LogP contribution >= 0.6 is 0 Å². The van der Waals surface area contributed by atoms with Gasteiger partial charge in [-0.1, -0.05) is 6.07 Å². The molecule has 2 amide bonds. The maximum atomic E-state index is 12.7. The molecule has 3 N–H and O–H groups in total. The summed E-state index contributed by atoms with van der Waals surface area (Å²) in [5, 5.41) is 5.65. The molecule has 4 rings (SSSR count). The second-order valence-corrected chi connectivity index (χ2v) is 9.55. The molecule has 0 spiro atoms. The van der Waals surface area contributed by atoms with E-state index in [-0.39, 0.29) is 22.4 Å². The number of rotatable bonds is 9. The van der Waals surface area contributed by atoms with E-state index >= 15 is 0 Å². The molecule has 3 aromatic carbocycles. The summed E-state index contributed by atoms with van der Waals surface area (Å²) in [6.45, 7) is 2.39. The number of carbonyl (C=O) groups is 2. The van der Waals surface area contributed by atoms with Crippen LogP contribution < -0.4 is 20.1 Å². The predicted molar refractivity (Wildman–Crippen MR) is 130 cm³/mol. The standard InChI is InChI=1S/C25H25N3O5S/c1-2-33-22-12-10-20(11-13-22)28-34(31,32)23-14-6-17(7-15-23)24(29)27-21-5-3-4-18(16-21)25(30)26-19-8-9-19/h3-7,10-16,19,28H,2,8-9H2,1H3,(H,26,30)(H,27,29). The van der Waals surface area contributed by atoms with Crippen LogP contribution in [0.4, 0.5) is 11.4 Å². The lowest BCUT2D eigenvalue weighted by Crippen LogP contribution is -2.25. The van der Waals surface area contributed by atoms with Gasteiger partial charge in [0, 0.05) is 28.5 Å². The third kappa shape index (κ3) is 5.93. The van der Waals surface area contributed by atoms with Crippen LogP contribution in [0.3, 0.4) is 0 Å². The summed E-state index contributed by atoms with van der Waals surface area (Å²) in [5.41, 5.74) is 1.62. The lowest BCUT2D eigenvalue weighted by Gasteiger charge is -2.10. The van der Waals surface area contributed by atoms with Crippen molar-refractivity contribution < 1.29 is 22.7 Å². The normalized spacial score (nSPS) is 13.1. The Morgan fingerprint density at radius 2 is 1.59 bits per heavy atom. The highest BCUT2D eigenvalue weighted by atomic mass is 32.2. The van der Waals surface area contributed by atoms with Crippen LogP contribution in [0, 0.1) is 0 Å². The van der Waals surface area contributed by atoms with E-state index in [1.165, 1.54) is 24.3 Å². The third-order valence-electron chi connectivity index (χ3n) is 5.14. The van der Waals surface area contributed by atoms with Crippen LogP contribution in [0.2, 0.25) is 0 Å². The number of nitrogens with one attached hydrogen (secondary N) is 3. The van der Waals surface area contributed by atoms with Crippen LogP contribution in [-0.2, 0) is 10.0 Å². The molecule has 9 heteroatoms. The van der Waals surface area contributed by atoms with Gasteiger partial charge < -0.3 is 15.4 Å². The van der Waals surface area contributed by atoms with Gasteiger partial charge in [-0.05, 0) is 86.5 Å². The van der Waals surface area contributed by atoms with Crippen molar-refractivity contribution in [2.45, 2.75) is 30.7 Å². The highest BCUT2D eigenvalue weighted by molar-refractivity contribution is 7.92. The Hall–Kier alpha value is -3.85. The maximum absolute atomic E-state index is 12.7. The van der Waals surface area contributed by atoms with Crippen molar-refractivity contribution >= 4 is 33.2 Å². The first-order valence-corrected chi connectivity index (χ1v) is 12.4. The van der Waals surface area contributed by atoms with Crippen LogP contribution in [-0.4, -0.2) is 32.9 Å². The van der Waals surface area contributed by atoms with Gasteiger partial charge in [-0.15, -0.1) is 0 Å². The molecule has 1 saturated carbocycles. The fraction of sp³-hybridized carbons (Fsp3) is 0.200. The van der Waals surface area contributed by atoms with E-state index < -0.39 is 15.9 Å². The summed E-state index contributed by atoms with van der Waals surface area (Å²) in [6.07, 6.45) is 1.98. The van der Waals surface area contributed by atoms with Gasteiger partial charge in [0.1, 0.15) is 5.75 Å². The number of anilines is 2. The van der Waals surface area contributed by atoms with E-state index in [0.717, 1.165) is 12.8 Å². The minimum Gasteiger partial charge on any atom is -0.494 e. The molecule has 176 valence electrons. The zero-order valence-corrected chi connectivity index (χ0v) is 19.4.